The highest BCUT2D eigenvalue weighted by molar-refractivity contribution is 5.93. The Morgan fingerprint density at radius 3 is 3.00 bits per heavy atom. The van der Waals surface area contributed by atoms with Crippen LogP contribution in [0.25, 0.3) is 17.0 Å². The van der Waals surface area contributed by atoms with Gasteiger partial charge < -0.3 is 4.98 Å². The van der Waals surface area contributed by atoms with Crippen LogP contribution in [0.2, 0.25) is 0 Å². The van der Waals surface area contributed by atoms with Crippen LogP contribution >= 0.6 is 0 Å². The van der Waals surface area contributed by atoms with E-state index < -0.39 is 0 Å². The van der Waals surface area contributed by atoms with E-state index in [2.05, 4.69) is 18.0 Å². The summed E-state index contributed by atoms with van der Waals surface area (Å²) >= 11 is 0. The Balaban J connectivity index is 2.66. The lowest BCUT2D eigenvalue weighted by molar-refractivity contribution is -0.104. The molecule has 1 heterocycles. The largest absolute Gasteiger partial charge is 0.361 e. The number of aryl methyl sites for hydroxylation is 1. The first kappa shape index (κ1) is 8.75. The Morgan fingerprint density at radius 1 is 1.36 bits per heavy atom. The first-order valence-corrected chi connectivity index (χ1v) is 4.51. The summed E-state index contributed by atoms with van der Waals surface area (Å²) in [6.45, 7) is 2.06. The zero-order chi connectivity index (χ0) is 9.97. The van der Waals surface area contributed by atoms with Crippen molar-refractivity contribution in [2.24, 2.45) is 0 Å². The van der Waals surface area contributed by atoms with Gasteiger partial charge in [-0.15, -0.1) is 0 Å². The first-order chi connectivity index (χ1) is 6.83. The van der Waals surface area contributed by atoms with Crippen molar-refractivity contribution in [3.8, 4) is 0 Å². The SMILES string of the molecule is Cc1cccc2[nH]cc(C=CC=O)c12. The molecule has 1 aromatic carbocycles. The van der Waals surface area contributed by atoms with Gasteiger partial charge in [0.05, 0.1) is 0 Å². The highest BCUT2D eigenvalue weighted by Gasteiger charge is 2.02. The number of aldehydes is 1. The number of H-pyrrole nitrogens is 1. The third-order valence-corrected chi connectivity index (χ3v) is 2.30. The lowest BCUT2D eigenvalue weighted by atomic mass is 10.1. The number of hydrogen-bond acceptors (Lipinski definition) is 1. The van der Waals surface area contributed by atoms with Crippen molar-refractivity contribution in [2.75, 3.05) is 0 Å². The molecule has 0 unspecified atom stereocenters. The van der Waals surface area contributed by atoms with Gasteiger partial charge in [-0.25, -0.2) is 0 Å². The van der Waals surface area contributed by atoms with E-state index >= 15 is 0 Å². The van der Waals surface area contributed by atoms with Crippen molar-refractivity contribution in [3.63, 3.8) is 0 Å². The number of aromatic nitrogens is 1. The van der Waals surface area contributed by atoms with Crippen molar-refractivity contribution >= 4 is 23.3 Å². The van der Waals surface area contributed by atoms with E-state index in [0.717, 1.165) is 17.4 Å². The van der Waals surface area contributed by atoms with Gasteiger partial charge in [-0.05, 0) is 30.7 Å². The maximum Gasteiger partial charge on any atom is 0.142 e. The second-order valence-electron chi connectivity index (χ2n) is 3.24. The maximum absolute atomic E-state index is 10.2. The van der Waals surface area contributed by atoms with Gasteiger partial charge >= 0.3 is 0 Å². The van der Waals surface area contributed by atoms with Crippen LogP contribution in [0, 0.1) is 6.92 Å². The third-order valence-electron chi connectivity index (χ3n) is 2.30. The van der Waals surface area contributed by atoms with Crippen LogP contribution in [-0.4, -0.2) is 11.3 Å². The molecule has 2 aromatic rings. The van der Waals surface area contributed by atoms with Crippen LogP contribution < -0.4 is 0 Å². The molecule has 0 amide bonds. The number of aromatic amines is 1. The molecular weight excluding hydrogens is 174 g/mol. The van der Waals surface area contributed by atoms with Gasteiger partial charge in [-0.3, -0.25) is 4.79 Å². The third kappa shape index (κ3) is 1.35. The number of nitrogens with one attached hydrogen (secondary N) is 1. The molecule has 1 aromatic heterocycles. The highest BCUT2D eigenvalue weighted by Crippen LogP contribution is 2.22. The molecular formula is C12H11NO. The summed E-state index contributed by atoms with van der Waals surface area (Å²) in [5, 5.41) is 1.19. The zero-order valence-electron chi connectivity index (χ0n) is 7.95. The summed E-state index contributed by atoms with van der Waals surface area (Å²) in [6, 6.07) is 6.11. The Hall–Kier alpha value is -1.83. The standard InChI is InChI=1S/C12H11NO/c1-9-4-2-6-11-12(9)10(8-13-11)5-3-7-14/h2-8,13H,1H3. The molecule has 0 aliphatic carbocycles. The molecule has 0 bridgehead atoms. The highest BCUT2D eigenvalue weighted by atomic mass is 16.1. The van der Waals surface area contributed by atoms with E-state index in [-0.39, 0.29) is 0 Å². The number of hydrogen-bond donors (Lipinski definition) is 1. The molecule has 0 aliphatic heterocycles. The molecule has 0 aliphatic rings. The minimum absolute atomic E-state index is 0.789. The average Bonchev–Trinajstić information content (AvgIpc) is 2.59. The lowest BCUT2D eigenvalue weighted by Crippen LogP contribution is -1.75. The van der Waals surface area contributed by atoms with Crippen LogP contribution in [0.4, 0.5) is 0 Å². The number of carbonyl (C=O) groups excluding carboxylic acids is 1. The van der Waals surface area contributed by atoms with E-state index in [0.29, 0.717) is 0 Å². The topological polar surface area (TPSA) is 32.9 Å². The van der Waals surface area contributed by atoms with E-state index in [4.69, 9.17) is 0 Å². The minimum Gasteiger partial charge on any atom is -0.361 e. The predicted molar refractivity (Wildman–Crippen MR) is 58.1 cm³/mol. The maximum atomic E-state index is 10.2. The van der Waals surface area contributed by atoms with Crippen molar-refractivity contribution in [3.05, 3.63) is 41.6 Å². The molecule has 2 heteroatoms. The molecule has 0 radical (unpaired) electrons. The smallest absolute Gasteiger partial charge is 0.142 e. The molecule has 2 rings (SSSR count). The minimum atomic E-state index is 0.789. The number of carbonyl (C=O) groups is 1. The van der Waals surface area contributed by atoms with Gasteiger partial charge in [0.1, 0.15) is 6.29 Å². The Morgan fingerprint density at radius 2 is 2.21 bits per heavy atom. The van der Waals surface area contributed by atoms with Crippen LogP contribution in [0.15, 0.2) is 30.5 Å². The number of benzene rings is 1. The van der Waals surface area contributed by atoms with Crippen molar-refractivity contribution < 1.29 is 4.79 Å². The molecule has 70 valence electrons. The van der Waals surface area contributed by atoms with Crippen LogP contribution in [-0.2, 0) is 4.79 Å². The molecule has 1 N–H and O–H groups in total. The van der Waals surface area contributed by atoms with Crippen molar-refractivity contribution in [1.29, 1.82) is 0 Å². The van der Waals surface area contributed by atoms with E-state index in [1.54, 1.807) is 0 Å². The summed E-state index contributed by atoms with van der Waals surface area (Å²) < 4.78 is 0. The molecule has 14 heavy (non-hydrogen) atoms. The molecule has 0 saturated carbocycles. The molecule has 0 saturated heterocycles. The fourth-order valence-electron chi connectivity index (χ4n) is 1.67. The normalized spacial score (nSPS) is 11.2. The van der Waals surface area contributed by atoms with Gasteiger partial charge in [0.15, 0.2) is 0 Å². The zero-order valence-corrected chi connectivity index (χ0v) is 7.95. The first-order valence-electron chi connectivity index (χ1n) is 4.51. The average molecular weight is 185 g/mol. The molecule has 2 nitrogen and oxygen atoms in total. The summed E-state index contributed by atoms with van der Waals surface area (Å²) in [5.41, 5.74) is 3.38. The van der Waals surface area contributed by atoms with E-state index in [9.17, 15) is 4.79 Å². The number of allylic oxidation sites excluding steroid dienone is 1. The van der Waals surface area contributed by atoms with Crippen LogP contribution in [0.1, 0.15) is 11.1 Å². The second-order valence-corrected chi connectivity index (χ2v) is 3.24. The van der Waals surface area contributed by atoms with Gasteiger partial charge in [0, 0.05) is 22.7 Å². The molecule has 0 fully saturated rings. The van der Waals surface area contributed by atoms with E-state index in [1.807, 2.05) is 24.4 Å². The van der Waals surface area contributed by atoms with Gasteiger partial charge in [-0.1, -0.05) is 12.1 Å². The number of fused-ring (bicyclic) bond motifs is 1. The summed E-state index contributed by atoms with van der Waals surface area (Å²) in [4.78, 5) is 13.4. The predicted octanol–water partition coefficient (Wildman–Crippen LogP) is 2.69. The Labute approximate surface area is 82.3 Å². The Kier molecular flexibility index (Phi) is 2.19. The number of rotatable bonds is 2. The van der Waals surface area contributed by atoms with Crippen molar-refractivity contribution in [1.82, 2.24) is 4.98 Å². The van der Waals surface area contributed by atoms with Crippen LogP contribution in [0.5, 0.6) is 0 Å². The summed E-state index contributed by atoms with van der Waals surface area (Å²) in [7, 11) is 0. The van der Waals surface area contributed by atoms with E-state index in [1.165, 1.54) is 17.0 Å². The lowest BCUT2D eigenvalue weighted by Gasteiger charge is -1.96. The van der Waals surface area contributed by atoms with Gasteiger partial charge in [-0.2, -0.15) is 0 Å². The van der Waals surface area contributed by atoms with Gasteiger partial charge in [0.2, 0.25) is 0 Å². The summed E-state index contributed by atoms with van der Waals surface area (Å²) in [5.74, 6) is 0. The van der Waals surface area contributed by atoms with Gasteiger partial charge in [0.25, 0.3) is 0 Å². The fourth-order valence-corrected chi connectivity index (χ4v) is 1.67. The monoisotopic (exact) mass is 185 g/mol. The van der Waals surface area contributed by atoms with Crippen LogP contribution in [0.3, 0.4) is 0 Å². The molecule has 0 spiro atoms. The van der Waals surface area contributed by atoms with Crippen molar-refractivity contribution in [2.45, 2.75) is 6.92 Å². The quantitative estimate of drug-likeness (QED) is 0.566. The summed E-state index contributed by atoms with van der Waals surface area (Å²) in [6.07, 6.45) is 6.03. The second kappa shape index (κ2) is 3.50. The molecule has 0 atom stereocenters. The fraction of sp³-hybridized carbons (Fsp3) is 0.0833. The Bertz CT molecular complexity index is 494.